The SMILES string of the molecule is Cc1ccc(NS(=O)(=O)c2c(C)nn(C)c2C)cc1N. The number of sulfonamides is 1. The maximum Gasteiger partial charge on any atom is 0.265 e. The molecule has 7 heteroatoms. The summed E-state index contributed by atoms with van der Waals surface area (Å²) >= 11 is 0. The van der Waals surface area contributed by atoms with Crippen LogP contribution in [-0.4, -0.2) is 18.2 Å². The Balaban J connectivity index is 2.43. The summed E-state index contributed by atoms with van der Waals surface area (Å²) in [5.74, 6) is 0. The molecule has 0 aliphatic carbocycles. The second kappa shape index (κ2) is 4.82. The first-order valence-corrected chi connectivity index (χ1v) is 7.60. The molecule has 2 aromatic rings. The molecular weight excluding hydrogens is 276 g/mol. The number of hydrogen-bond donors (Lipinski definition) is 2. The number of nitrogens with one attached hydrogen (secondary N) is 1. The summed E-state index contributed by atoms with van der Waals surface area (Å²) < 4.78 is 29.0. The fraction of sp³-hybridized carbons (Fsp3) is 0.308. The molecule has 1 aromatic heterocycles. The normalized spacial score (nSPS) is 11.6. The zero-order valence-corrected chi connectivity index (χ0v) is 12.7. The van der Waals surface area contributed by atoms with Gasteiger partial charge in [-0.15, -0.1) is 0 Å². The van der Waals surface area contributed by atoms with Crippen LogP contribution in [0.15, 0.2) is 23.1 Å². The monoisotopic (exact) mass is 294 g/mol. The molecule has 3 N–H and O–H groups in total. The number of nitrogens with zero attached hydrogens (tertiary/aromatic N) is 2. The Morgan fingerprint density at radius 2 is 1.90 bits per heavy atom. The van der Waals surface area contributed by atoms with E-state index in [4.69, 9.17) is 5.73 Å². The largest absolute Gasteiger partial charge is 0.398 e. The number of aromatic nitrogens is 2. The fourth-order valence-electron chi connectivity index (χ4n) is 2.05. The zero-order valence-electron chi connectivity index (χ0n) is 11.9. The minimum atomic E-state index is -3.67. The van der Waals surface area contributed by atoms with Gasteiger partial charge in [0.2, 0.25) is 0 Å². The number of anilines is 2. The molecule has 2 rings (SSSR count). The highest BCUT2D eigenvalue weighted by Crippen LogP contribution is 2.24. The number of nitrogens with two attached hydrogens (primary N) is 1. The van der Waals surface area contributed by atoms with E-state index in [0.29, 0.717) is 22.8 Å². The van der Waals surface area contributed by atoms with Crippen molar-refractivity contribution in [1.82, 2.24) is 9.78 Å². The third-order valence-corrected chi connectivity index (χ3v) is 4.88. The zero-order chi connectivity index (χ0) is 15.1. The summed E-state index contributed by atoms with van der Waals surface area (Å²) in [6, 6.07) is 5.06. The van der Waals surface area contributed by atoms with E-state index in [0.717, 1.165) is 5.56 Å². The van der Waals surface area contributed by atoms with Crippen molar-refractivity contribution in [3.8, 4) is 0 Å². The van der Waals surface area contributed by atoms with Crippen molar-refractivity contribution in [3.63, 3.8) is 0 Å². The van der Waals surface area contributed by atoms with E-state index in [2.05, 4.69) is 9.82 Å². The summed E-state index contributed by atoms with van der Waals surface area (Å²) in [7, 11) is -1.96. The first kappa shape index (κ1) is 14.4. The van der Waals surface area contributed by atoms with Gasteiger partial charge in [0.25, 0.3) is 10.0 Å². The van der Waals surface area contributed by atoms with Crippen molar-refractivity contribution >= 4 is 21.4 Å². The van der Waals surface area contributed by atoms with Gasteiger partial charge >= 0.3 is 0 Å². The van der Waals surface area contributed by atoms with Crippen molar-refractivity contribution in [2.45, 2.75) is 25.7 Å². The van der Waals surface area contributed by atoms with Crippen LogP contribution in [0.1, 0.15) is 17.0 Å². The second-order valence-electron chi connectivity index (χ2n) is 4.80. The third kappa shape index (κ3) is 2.49. The molecule has 0 unspecified atom stereocenters. The molecule has 0 bridgehead atoms. The van der Waals surface area contributed by atoms with Crippen LogP contribution in [0.4, 0.5) is 11.4 Å². The molecule has 1 heterocycles. The summed E-state index contributed by atoms with van der Waals surface area (Å²) in [6.07, 6.45) is 0. The van der Waals surface area contributed by atoms with Gasteiger partial charge in [0.05, 0.1) is 17.1 Å². The van der Waals surface area contributed by atoms with Gasteiger partial charge in [0.1, 0.15) is 4.90 Å². The van der Waals surface area contributed by atoms with E-state index < -0.39 is 10.0 Å². The van der Waals surface area contributed by atoms with Crippen LogP contribution < -0.4 is 10.5 Å². The van der Waals surface area contributed by atoms with Crippen molar-refractivity contribution in [1.29, 1.82) is 0 Å². The Morgan fingerprint density at radius 3 is 2.40 bits per heavy atom. The Morgan fingerprint density at radius 1 is 1.25 bits per heavy atom. The van der Waals surface area contributed by atoms with E-state index >= 15 is 0 Å². The number of aryl methyl sites for hydroxylation is 3. The van der Waals surface area contributed by atoms with Crippen LogP contribution in [0, 0.1) is 20.8 Å². The number of hydrogen-bond acceptors (Lipinski definition) is 4. The van der Waals surface area contributed by atoms with E-state index in [9.17, 15) is 8.42 Å². The van der Waals surface area contributed by atoms with Gasteiger partial charge in [-0.2, -0.15) is 5.10 Å². The van der Waals surface area contributed by atoms with Crippen LogP contribution in [0.25, 0.3) is 0 Å². The molecule has 0 saturated carbocycles. The molecule has 1 aromatic carbocycles. The van der Waals surface area contributed by atoms with Gasteiger partial charge in [-0.05, 0) is 38.5 Å². The number of benzene rings is 1. The van der Waals surface area contributed by atoms with Gasteiger partial charge in [-0.1, -0.05) is 6.07 Å². The Labute approximate surface area is 118 Å². The van der Waals surface area contributed by atoms with Crippen molar-refractivity contribution in [2.75, 3.05) is 10.5 Å². The smallest absolute Gasteiger partial charge is 0.265 e. The van der Waals surface area contributed by atoms with Crippen LogP contribution in [0.5, 0.6) is 0 Å². The minimum Gasteiger partial charge on any atom is -0.398 e. The Kier molecular flexibility index (Phi) is 3.47. The molecule has 0 fully saturated rings. The average Bonchev–Trinajstić information content (AvgIpc) is 2.58. The molecule has 20 heavy (non-hydrogen) atoms. The lowest BCUT2D eigenvalue weighted by molar-refractivity contribution is 0.599. The van der Waals surface area contributed by atoms with Crippen LogP contribution >= 0.6 is 0 Å². The van der Waals surface area contributed by atoms with Gasteiger partial charge in [-0.3, -0.25) is 9.40 Å². The lowest BCUT2D eigenvalue weighted by Gasteiger charge is -2.10. The summed E-state index contributed by atoms with van der Waals surface area (Å²) in [5.41, 5.74) is 8.74. The number of nitrogen functional groups attached to an aromatic ring is 1. The third-order valence-electron chi connectivity index (χ3n) is 3.24. The van der Waals surface area contributed by atoms with Crippen LogP contribution in [0.2, 0.25) is 0 Å². The van der Waals surface area contributed by atoms with Gasteiger partial charge in [0.15, 0.2) is 0 Å². The van der Waals surface area contributed by atoms with Crippen LogP contribution in [0.3, 0.4) is 0 Å². The summed E-state index contributed by atoms with van der Waals surface area (Å²) in [5, 5.41) is 4.12. The van der Waals surface area contributed by atoms with E-state index in [1.165, 1.54) is 0 Å². The molecule has 0 spiro atoms. The summed E-state index contributed by atoms with van der Waals surface area (Å²) in [4.78, 5) is 0.208. The predicted octanol–water partition coefficient (Wildman–Crippen LogP) is 1.73. The van der Waals surface area contributed by atoms with Gasteiger partial charge < -0.3 is 5.73 Å². The maximum atomic E-state index is 12.4. The van der Waals surface area contributed by atoms with E-state index in [1.54, 1.807) is 43.8 Å². The molecule has 0 atom stereocenters. The Bertz CT molecular complexity index is 763. The highest BCUT2D eigenvalue weighted by Gasteiger charge is 2.23. The standard InChI is InChI=1S/C13H18N4O2S/c1-8-5-6-11(7-12(8)14)16-20(18,19)13-9(2)15-17(4)10(13)3/h5-7,16H,14H2,1-4H3. The van der Waals surface area contributed by atoms with Crippen molar-refractivity contribution < 1.29 is 8.42 Å². The average molecular weight is 294 g/mol. The van der Waals surface area contributed by atoms with Crippen LogP contribution in [-0.2, 0) is 17.1 Å². The predicted molar refractivity (Wildman–Crippen MR) is 79.1 cm³/mol. The molecule has 0 aliphatic rings. The minimum absolute atomic E-state index is 0.208. The highest BCUT2D eigenvalue weighted by molar-refractivity contribution is 7.92. The Hall–Kier alpha value is -2.02. The lowest BCUT2D eigenvalue weighted by Crippen LogP contribution is -2.15. The highest BCUT2D eigenvalue weighted by atomic mass is 32.2. The van der Waals surface area contributed by atoms with Gasteiger partial charge in [-0.25, -0.2) is 8.42 Å². The topological polar surface area (TPSA) is 90.0 Å². The summed E-state index contributed by atoms with van der Waals surface area (Å²) in [6.45, 7) is 5.26. The first-order chi connectivity index (χ1) is 9.22. The first-order valence-electron chi connectivity index (χ1n) is 6.11. The number of rotatable bonds is 3. The molecule has 6 nitrogen and oxygen atoms in total. The fourth-order valence-corrected chi connectivity index (χ4v) is 3.54. The second-order valence-corrected chi connectivity index (χ2v) is 6.42. The molecule has 108 valence electrons. The van der Waals surface area contributed by atoms with E-state index in [-0.39, 0.29) is 4.90 Å². The molecule has 0 radical (unpaired) electrons. The lowest BCUT2D eigenvalue weighted by atomic mass is 10.2. The van der Waals surface area contributed by atoms with Crippen molar-refractivity contribution in [2.24, 2.45) is 7.05 Å². The van der Waals surface area contributed by atoms with Gasteiger partial charge in [0, 0.05) is 12.7 Å². The van der Waals surface area contributed by atoms with Crippen molar-refractivity contribution in [3.05, 3.63) is 35.2 Å². The molecular formula is C13H18N4O2S. The molecule has 0 amide bonds. The maximum absolute atomic E-state index is 12.4. The quantitative estimate of drug-likeness (QED) is 0.844. The molecule has 0 saturated heterocycles. The molecule has 0 aliphatic heterocycles. The van der Waals surface area contributed by atoms with E-state index in [1.807, 2.05) is 6.92 Å².